The third-order valence-corrected chi connectivity index (χ3v) is 4.47. The standard InChI is InChI=1S/C16H16N2O3S/c1-2-21-16(20)13-7-11-5-3-4-6-12(11)9-18(13)15(19)14-8-17-10-22-14/h3-6,8,10,13H,2,7,9H2,1H3. The molecule has 1 aliphatic heterocycles. The zero-order valence-corrected chi connectivity index (χ0v) is 13.0. The fraction of sp³-hybridized carbons (Fsp3) is 0.312. The summed E-state index contributed by atoms with van der Waals surface area (Å²) in [5.74, 6) is -0.523. The number of hydrogen-bond donors (Lipinski definition) is 0. The van der Waals surface area contributed by atoms with E-state index in [1.165, 1.54) is 17.5 Å². The van der Waals surface area contributed by atoms with E-state index < -0.39 is 6.04 Å². The SMILES string of the molecule is CCOC(=O)C1Cc2ccccc2CN1C(=O)c1cncs1. The Morgan fingerprint density at radius 1 is 1.36 bits per heavy atom. The molecule has 114 valence electrons. The van der Waals surface area contributed by atoms with Crippen molar-refractivity contribution < 1.29 is 14.3 Å². The molecule has 0 aliphatic carbocycles. The van der Waals surface area contributed by atoms with Gasteiger partial charge in [-0.1, -0.05) is 24.3 Å². The minimum absolute atomic E-state index is 0.171. The minimum atomic E-state index is -0.579. The molecule has 0 fully saturated rings. The molecule has 2 heterocycles. The van der Waals surface area contributed by atoms with Crippen LogP contribution in [0.4, 0.5) is 0 Å². The van der Waals surface area contributed by atoms with Crippen molar-refractivity contribution >= 4 is 23.2 Å². The Morgan fingerprint density at radius 3 is 2.82 bits per heavy atom. The number of rotatable bonds is 3. The summed E-state index contributed by atoms with van der Waals surface area (Å²) in [7, 11) is 0. The monoisotopic (exact) mass is 316 g/mol. The molecule has 1 aromatic heterocycles. The first-order valence-corrected chi connectivity index (χ1v) is 8.01. The highest BCUT2D eigenvalue weighted by molar-refractivity contribution is 7.11. The first-order valence-electron chi connectivity index (χ1n) is 7.13. The number of amides is 1. The van der Waals surface area contributed by atoms with E-state index in [2.05, 4.69) is 4.98 Å². The van der Waals surface area contributed by atoms with Crippen LogP contribution in [0, 0.1) is 0 Å². The molecular formula is C16H16N2O3S. The van der Waals surface area contributed by atoms with Gasteiger partial charge in [-0.25, -0.2) is 4.79 Å². The largest absolute Gasteiger partial charge is 0.464 e. The van der Waals surface area contributed by atoms with Gasteiger partial charge in [-0.15, -0.1) is 11.3 Å². The predicted molar refractivity (Wildman–Crippen MR) is 82.6 cm³/mol. The summed E-state index contributed by atoms with van der Waals surface area (Å²) in [5.41, 5.74) is 3.78. The van der Waals surface area contributed by atoms with Crippen LogP contribution in [0.3, 0.4) is 0 Å². The van der Waals surface area contributed by atoms with Gasteiger partial charge >= 0.3 is 5.97 Å². The summed E-state index contributed by atoms with van der Waals surface area (Å²) in [5, 5.41) is 0. The lowest BCUT2D eigenvalue weighted by Crippen LogP contribution is -2.49. The average molecular weight is 316 g/mol. The van der Waals surface area contributed by atoms with E-state index >= 15 is 0 Å². The van der Waals surface area contributed by atoms with Gasteiger partial charge in [0.2, 0.25) is 0 Å². The second-order valence-corrected chi connectivity index (χ2v) is 5.93. The minimum Gasteiger partial charge on any atom is -0.464 e. The number of carbonyl (C=O) groups is 2. The lowest BCUT2D eigenvalue weighted by atomic mass is 9.94. The summed E-state index contributed by atoms with van der Waals surface area (Å²) in [6.45, 7) is 2.49. The molecule has 22 heavy (non-hydrogen) atoms. The molecule has 1 aliphatic rings. The average Bonchev–Trinajstić information content (AvgIpc) is 3.07. The maximum absolute atomic E-state index is 12.7. The van der Waals surface area contributed by atoms with Gasteiger partial charge in [0.25, 0.3) is 5.91 Å². The van der Waals surface area contributed by atoms with E-state index in [1.807, 2.05) is 24.3 Å². The molecule has 3 rings (SSSR count). The van der Waals surface area contributed by atoms with Crippen LogP contribution < -0.4 is 0 Å². The number of esters is 1. The molecule has 1 amide bonds. The lowest BCUT2D eigenvalue weighted by molar-refractivity contribution is -0.149. The summed E-state index contributed by atoms with van der Waals surface area (Å²) < 4.78 is 5.15. The zero-order chi connectivity index (χ0) is 15.5. The van der Waals surface area contributed by atoms with Gasteiger partial charge in [-0.3, -0.25) is 9.78 Å². The van der Waals surface area contributed by atoms with Gasteiger partial charge in [-0.05, 0) is 18.1 Å². The van der Waals surface area contributed by atoms with Gasteiger partial charge < -0.3 is 9.64 Å². The number of thiazole rings is 1. The Hall–Kier alpha value is -2.21. The summed E-state index contributed by atoms with van der Waals surface area (Å²) in [6, 6.07) is 7.30. The number of benzene rings is 1. The third-order valence-electron chi connectivity index (χ3n) is 3.71. The molecule has 1 unspecified atom stereocenters. The van der Waals surface area contributed by atoms with Gasteiger partial charge in [0.1, 0.15) is 10.9 Å². The fourth-order valence-electron chi connectivity index (χ4n) is 2.65. The Balaban J connectivity index is 1.94. The van der Waals surface area contributed by atoms with Crippen molar-refractivity contribution in [3.63, 3.8) is 0 Å². The topological polar surface area (TPSA) is 59.5 Å². The van der Waals surface area contributed by atoms with E-state index in [0.29, 0.717) is 24.4 Å². The normalized spacial score (nSPS) is 17.0. The highest BCUT2D eigenvalue weighted by Crippen LogP contribution is 2.26. The van der Waals surface area contributed by atoms with E-state index in [9.17, 15) is 9.59 Å². The van der Waals surface area contributed by atoms with Crippen molar-refractivity contribution in [3.05, 3.63) is 52.0 Å². The highest BCUT2D eigenvalue weighted by atomic mass is 32.1. The number of ether oxygens (including phenoxy) is 1. The van der Waals surface area contributed by atoms with Gasteiger partial charge in [0.15, 0.2) is 0 Å². The van der Waals surface area contributed by atoms with Gasteiger partial charge in [0.05, 0.1) is 18.3 Å². The molecule has 0 saturated carbocycles. The first kappa shape index (κ1) is 14.7. The molecule has 0 saturated heterocycles. The number of carbonyl (C=O) groups excluding carboxylic acids is 2. The molecular weight excluding hydrogens is 300 g/mol. The number of hydrogen-bond acceptors (Lipinski definition) is 5. The van der Waals surface area contributed by atoms with E-state index in [1.54, 1.807) is 17.3 Å². The molecule has 0 spiro atoms. The van der Waals surface area contributed by atoms with Crippen molar-refractivity contribution in [1.29, 1.82) is 0 Å². The molecule has 0 N–H and O–H groups in total. The molecule has 6 heteroatoms. The Morgan fingerprint density at radius 2 is 2.14 bits per heavy atom. The Labute approximate surface area is 132 Å². The quantitative estimate of drug-likeness (QED) is 0.815. The van der Waals surface area contributed by atoms with Crippen molar-refractivity contribution in [2.75, 3.05) is 6.61 Å². The molecule has 5 nitrogen and oxygen atoms in total. The molecule has 2 aromatic rings. The van der Waals surface area contributed by atoms with Crippen molar-refractivity contribution in [1.82, 2.24) is 9.88 Å². The summed E-state index contributed by atoms with van der Waals surface area (Å²) in [4.78, 5) is 31.0. The lowest BCUT2D eigenvalue weighted by Gasteiger charge is -2.35. The Kier molecular flexibility index (Phi) is 4.20. The van der Waals surface area contributed by atoms with E-state index in [0.717, 1.165) is 11.1 Å². The highest BCUT2D eigenvalue weighted by Gasteiger charge is 2.36. The summed E-state index contributed by atoms with van der Waals surface area (Å²) >= 11 is 1.28. The van der Waals surface area contributed by atoms with Crippen LogP contribution in [0.5, 0.6) is 0 Å². The van der Waals surface area contributed by atoms with E-state index in [4.69, 9.17) is 4.74 Å². The van der Waals surface area contributed by atoms with Crippen LogP contribution in [-0.4, -0.2) is 34.4 Å². The van der Waals surface area contributed by atoms with E-state index in [-0.39, 0.29) is 11.9 Å². The third kappa shape index (κ3) is 2.74. The maximum Gasteiger partial charge on any atom is 0.329 e. The van der Waals surface area contributed by atoms with Crippen LogP contribution in [0.2, 0.25) is 0 Å². The maximum atomic E-state index is 12.7. The van der Waals surface area contributed by atoms with Crippen LogP contribution in [-0.2, 0) is 22.5 Å². The van der Waals surface area contributed by atoms with Crippen LogP contribution in [0.15, 0.2) is 36.0 Å². The van der Waals surface area contributed by atoms with Crippen LogP contribution >= 0.6 is 11.3 Å². The number of nitrogens with zero attached hydrogens (tertiary/aromatic N) is 2. The number of fused-ring (bicyclic) bond motifs is 1. The summed E-state index contributed by atoms with van der Waals surface area (Å²) in [6.07, 6.45) is 2.02. The smallest absolute Gasteiger partial charge is 0.329 e. The van der Waals surface area contributed by atoms with Crippen molar-refractivity contribution in [3.8, 4) is 0 Å². The van der Waals surface area contributed by atoms with Crippen LogP contribution in [0.1, 0.15) is 27.7 Å². The zero-order valence-electron chi connectivity index (χ0n) is 12.2. The second-order valence-electron chi connectivity index (χ2n) is 5.04. The predicted octanol–water partition coefficient (Wildman–Crippen LogP) is 2.27. The van der Waals surface area contributed by atoms with Gasteiger partial charge in [0, 0.05) is 13.0 Å². The molecule has 0 radical (unpaired) electrons. The Bertz CT molecular complexity index is 684. The van der Waals surface area contributed by atoms with Crippen LogP contribution in [0.25, 0.3) is 0 Å². The molecule has 1 aromatic carbocycles. The van der Waals surface area contributed by atoms with Gasteiger partial charge in [-0.2, -0.15) is 0 Å². The fourth-order valence-corrected chi connectivity index (χ4v) is 3.22. The second kappa shape index (κ2) is 6.27. The first-order chi connectivity index (χ1) is 10.7. The molecule has 0 bridgehead atoms. The number of aromatic nitrogens is 1. The van der Waals surface area contributed by atoms with Crippen molar-refractivity contribution in [2.24, 2.45) is 0 Å². The molecule has 1 atom stereocenters. The van der Waals surface area contributed by atoms with Crippen molar-refractivity contribution in [2.45, 2.75) is 25.9 Å².